The van der Waals surface area contributed by atoms with E-state index < -0.39 is 11.6 Å². The zero-order valence-electron chi connectivity index (χ0n) is 14.2. The predicted octanol–water partition coefficient (Wildman–Crippen LogP) is 4.47. The van der Waals surface area contributed by atoms with E-state index in [0.717, 1.165) is 5.56 Å². The number of anilines is 1. The van der Waals surface area contributed by atoms with Crippen molar-refractivity contribution >= 4 is 29.1 Å². The molecule has 0 unspecified atom stereocenters. The Balaban J connectivity index is 2.15. The van der Waals surface area contributed by atoms with E-state index in [1.54, 1.807) is 30.3 Å². The van der Waals surface area contributed by atoms with Gasteiger partial charge in [0.25, 0.3) is 0 Å². The third-order valence-electron chi connectivity index (χ3n) is 3.76. The van der Waals surface area contributed by atoms with Crippen LogP contribution in [0.4, 0.5) is 10.5 Å². The Kier molecular flexibility index (Phi) is 5.45. The molecular formula is C19H18ClN3O2. The van der Waals surface area contributed by atoms with E-state index in [4.69, 9.17) is 16.9 Å². The van der Waals surface area contributed by atoms with Gasteiger partial charge in [-0.15, -0.1) is 0 Å². The molecule has 25 heavy (non-hydrogen) atoms. The number of halogens is 1. The number of amides is 2. The summed E-state index contributed by atoms with van der Waals surface area (Å²) in [4.78, 5) is 23.8. The van der Waals surface area contributed by atoms with E-state index in [1.807, 2.05) is 26.0 Å². The third-order valence-corrected chi connectivity index (χ3v) is 4.09. The summed E-state index contributed by atoms with van der Waals surface area (Å²) in [7, 11) is 0. The van der Waals surface area contributed by atoms with Crippen molar-refractivity contribution in [1.82, 2.24) is 5.32 Å². The Labute approximate surface area is 151 Å². The second-order valence-electron chi connectivity index (χ2n) is 6.15. The highest BCUT2D eigenvalue weighted by Crippen LogP contribution is 2.23. The van der Waals surface area contributed by atoms with Crippen LogP contribution in [0.3, 0.4) is 0 Å². The normalized spacial score (nSPS) is 10.7. The van der Waals surface area contributed by atoms with E-state index >= 15 is 0 Å². The fourth-order valence-electron chi connectivity index (χ4n) is 2.33. The van der Waals surface area contributed by atoms with Crippen molar-refractivity contribution in [2.24, 2.45) is 0 Å². The highest BCUT2D eigenvalue weighted by molar-refractivity contribution is 6.31. The number of nitrogens with zero attached hydrogens (tertiary/aromatic N) is 1. The number of hydrogen-bond acceptors (Lipinski definition) is 3. The van der Waals surface area contributed by atoms with Gasteiger partial charge in [0.15, 0.2) is 5.78 Å². The highest BCUT2D eigenvalue weighted by atomic mass is 35.5. The van der Waals surface area contributed by atoms with Gasteiger partial charge in [0.2, 0.25) is 0 Å². The SMILES string of the molecule is CC(=O)c1cccc(C(C)(C)NC(=O)Nc2ccc(Cl)c(C#N)c2)c1. The van der Waals surface area contributed by atoms with Gasteiger partial charge in [0, 0.05) is 11.3 Å². The summed E-state index contributed by atoms with van der Waals surface area (Å²) in [5, 5.41) is 14.9. The lowest BCUT2D eigenvalue weighted by Crippen LogP contribution is -2.43. The average molecular weight is 356 g/mol. The first-order valence-electron chi connectivity index (χ1n) is 7.63. The van der Waals surface area contributed by atoms with Crippen molar-refractivity contribution in [3.63, 3.8) is 0 Å². The Bertz CT molecular complexity index is 869. The van der Waals surface area contributed by atoms with Crippen molar-refractivity contribution < 1.29 is 9.59 Å². The summed E-state index contributed by atoms with van der Waals surface area (Å²) < 4.78 is 0. The largest absolute Gasteiger partial charge is 0.329 e. The first-order chi connectivity index (χ1) is 11.7. The molecule has 0 aromatic heterocycles. The lowest BCUT2D eigenvalue weighted by atomic mass is 9.92. The maximum atomic E-state index is 12.3. The summed E-state index contributed by atoms with van der Waals surface area (Å²) in [6, 6.07) is 13.3. The predicted molar refractivity (Wildman–Crippen MR) is 97.8 cm³/mol. The molecule has 0 bridgehead atoms. The number of rotatable bonds is 4. The molecule has 0 fully saturated rings. The van der Waals surface area contributed by atoms with Crippen LogP contribution in [-0.2, 0) is 5.54 Å². The molecule has 2 aromatic carbocycles. The molecular weight excluding hydrogens is 338 g/mol. The number of carbonyl (C=O) groups excluding carboxylic acids is 2. The topological polar surface area (TPSA) is 82.0 Å². The molecule has 0 radical (unpaired) electrons. The number of ketones is 1. The van der Waals surface area contributed by atoms with Gasteiger partial charge in [-0.1, -0.05) is 29.8 Å². The Morgan fingerprint density at radius 3 is 2.52 bits per heavy atom. The van der Waals surface area contributed by atoms with Crippen molar-refractivity contribution in [3.05, 3.63) is 64.2 Å². The molecule has 0 aliphatic heterocycles. The van der Waals surface area contributed by atoms with Crippen LogP contribution in [0.15, 0.2) is 42.5 Å². The molecule has 0 aliphatic rings. The number of nitriles is 1. The van der Waals surface area contributed by atoms with Gasteiger partial charge in [-0.2, -0.15) is 5.26 Å². The van der Waals surface area contributed by atoms with Crippen LogP contribution in [0.2, 0.25) is 5.02 Å². The molecule has 0 heterocycles. The number of nitrogens with one attached hydrogen (secondary N) is 2. The zero-order valence-corrected chi connectivity index (χ0v) is 14.9. The molecule has 2 rings (SSSR count). The van der Waals surface area contributed by atoms with Gasteiger partial charge in [0.05, 0.1) is 16.1 Å². The second kappa shape index (κ2) is 7.37. The minimum Gasteiger partial charge on any atom is -0.329 e. The van der Waals surface area contributed by atoms with E-state index in [1.165, 1.54) is 13.0 Å². The fraction of sp³-hybridized carbons (Fsp3) is 0.211. The summed E-state index contributed by atoms with van der Waals surface area (Å²) >= 11 is 5.88. The minimum absolute atomic E-state index is 0.0349. The maximum Gasteiger partial charge on any atom is 0.319 e. The molecule has 128 valence electrons. The molecule has 5 nitrogen and oxygen atoms in total. The standard InChI is InChI=1S/C19H18ClN3O2/c1-12(24)13-5-4-6-15(9-13)19(2,3)23-18(25)22-16-7-8-17(20)14(10-16)11-21/h4-10H,1-3H3,(H2,22,23,25). The fourth-order valence-corrected chi connectivity index (χ4v) is 2.49. The Morgan fingerprint density at radius 1 is 1.16 bits per heavy atom. The quantitative estimate of drug-likeness (QED) is 0.794. The number of hydrogen-bond donors (Lipinski definition) is 2. The number of urea groups is 1. The van der Waals surface area contributed by atoms with Gasteiger partial charge < -0.3 is 10.6 Å². The maximum absolute atomic E-state index is 12.3. The van der Waals surface area contributed by atoms with Crippen LogP contribution in [0.25, 0.3) is 0 Å². The van der Waals surface area contributed by atoms with Crippen LogP contribution >= 0.6 is 11.6 Å². The van der Waals surface area contributed by atoms with E-state index in [2.05, 4.69) is 10.6 Å². The molecule has 0 saturated carbocycles. The summed E-state index contributed by atoms with van der Waals surface area (Å²) in [5.41, 5.74) is 1.45. The summed E-state index contributed by atoms with van der Waals surface area (Å²) in [6.07, 6.45) is 0. The van der Waals surface area contributed by atoms with Crippen LogP contribution < -0.4 is 10.6 Å². The summed E-state index contributed by atoms with van der Waals surface area (Å²) in [6.45, 7) is 5.18. The van der Waals surface area contributed by atoms with Crippen molar-refractivity contribution in [1.29, 1.82) is 5.26 Å². The van der Waals surface area contributed by atoms with Gasteiger partial charge in [0.1, 0.15) is 6.07 Å². The third kappa shape index (κ3) is 4.59. The van der Waals surface area contributed by atoms with Crippen LogP contribution in [-0.4, -0.2) is 11.8 Å². The van der Waals surface area contributed by atoms with Crippen LogP contribution in [0, 0.1) is 11.3 Å². The van der Waals surface area contributed by atoms with Gasteiger partial charge >= 0.3 is 6.03 Å². The lowest BCUT2D eigenvalue weighted by Gasteiger charge is -2.27. The zero-order chi connectivity index (χ0) is 18.6. The Morgan fingerprint density at radius 2 is 1.88 bits per heavy atom. The minimum atomic E-state index is -0.694. The van der Waals surface area contributed by atoms with Gasteiger partial charge in [-0.25, -0.2) is 4.79 Å². The van der Waals surface area contributed by atoms with E-state index in [0.29, 0.717) is 16.3 Å². The molecule has 2 N–H and O–H groups in total. The molecule has 6 heteroatoms. The second-order valence-corrected chi connectivity index (χ2v) is 6.55. The van der Waals surface area contributed by atoms with Crippen LogP contribution in [0.5, 0.6) is 0 Å². The van der Waals surface area contributed by atoms with Crippen molar-refractivity contribution in [2.75, 3.05) is 5.32 Å². The van der Waals surface area contributed by atoms with Crippen molar-refractivity contribution in [3.8, 4) is 6.07 Å². The molecule has 0 aliphatic carbocycles. The van der Waals surface area contributed by atoms with E-state index in [-0.39, 0.29) is 11.3 Å². The lowest BCUT2D eigenvalue weighted by molar-refractivity contribution is 0.101. The molecule has 2 aromatic rings. The van der Waals surface area contributed by atoms with Crippen LogP contribution in [0.1, 0.15) is 42.3 Å². The van der Waals surface area contributed by atoms with Gasteiger partial charge in [-0.3, -0.25) is 4.79 Å². The first kappa shape index (κ1) is 18.5. The van der Waals surface area contributed by atoms with Gasteiger partial charge in [-0.05, 0) is 50.6 Å². The summed E-state index contributed by atoms with van der Waals surface area (Å²) in [5.74, 6) is -0.0349. The number of Topliss-reactive ketones (excluding diaryl/α,β-unsaturated/α-hetero) is 1. The first-order valence-corrected chi connectivity index (χ1v) is 8.01. The average Bonchev–Trinajstić information content (AvgIpc) is 2.56. The highest BCUT2D eigenvalue weighted by Gasteiger charge is 2.23. The molecule has 0 spiro atoms. The van der Waals surface area contributed by atoms with E-state index in [9.17, 15) is 9.59 Å². The molecule has 0 atom stereocenters. The molecule has 2 amide bonds. The molecule has 0 saturated heterocycles. The monoisotopic (exact) mass is 355 g/mol. The Hall–Kier alpha value is -2.84. The number of carbonyl (C=O) groups is 2. The number of benzene rings is 2. The van der Waals surface area contributed by atoms with Crippen molar-refractivity contribution in [2.45, 2.75) is 26.3 Å². The smallest absolute Gasteiger partial charge is 0.319 e.